The highest BCUT2D eigenvalue weighted by atomic mass is 32.2. The zero-order valence-corrected chi connectivity index (χ0v) is 14.3. The first-order valence-corrected chi connectivity index (χ1v) is 9.57. The van der Waals surface area contributed by atoms with E-state index in [0.29, 0.717) is 18.0 Å². The third-order valence-corrected chi connectivity index (χ3v) is 5.01. The molecule has 1 unspecified atom stereocenters. The molecule has 0 amide bonds. The number of nitrogens with zero attached hydrogens (tertiary/aromatic N) is 1. The molecule has 1 aliphatic rings. The average Bonchev–Trinajstić information content (AvgIpc) is 2.46. The van der Waals surface area contributed by atoms with Gasteiger partial charge in [0.25, 0.3) is 0 Å². The van der Waals surface area contributed by atoms with Gasteiger partial charge in [0.05, 0.1) is 6.26 Å². The van der Waals surface area contributed by atoms with Crippen LogP contribution in [-0.2, 0) is 16.6 Å². The first-order chi connectivity index (χ1) is 10.3. The van der Waals surface area contributed by atoms with Crippen molar-refractivity contribution in [3.63, 3.8) is 0 Å². The Kier molecular flexibility index (Phi) is 5.58. The minimum Gasteiger partial charge on any atom is -0.299 e. The van der Waals surface area contributed by atoms with Gasteiger partial charge in [-0.1, -0.05) is 12.1 Å². The number of rotatable bonds is 5. The molecule has 6 heteroatoms. The molecule has 1 N–H and O–H groups in total. The number of hydrogen-bond acceptors (Lipinski definition) is 3. The van der Waals surface area contributed by atoms with Crippen molar-refractivity contribution >= 4 is 10.0 Å². The lowest BCUT2D eigenvalue weighted by molar-refractivity contribution is 0.168. The number of halogens is 1. The molecule has 2 rings (SSSR count). The fraction of sp³-hybridized carbons (Fsp3) is 0.625. The van der Waals surface area contributed by atoms with E-state index >= 15 is 0 Å². The predicted octanol–water partition coefficient (Wildman–Crippen LogP) is 2.20. The molecule has 0 spiro atoms. The van der Waals surface area contributed by atoms with Crippen LogP contribution in [0.15, 0.2) is 12.1 Å². The van der Waals surface area contributed by atoms with Crippen molar-refractivity contribution < 1.29 is 12.8 Å². The molecular weight excluding hydrogens is 303 g/mol. The van der Waals surface area contributed by atoms with Crippen LogP contribution in [0.2, 0.25) is 0 Å². The fourth-order valence-electron chi connectivity index (χ4n) is 3.00. The van der Waals surface area contributed by atoms with Gasteiger partial charge in [0.15, 0.2) is 0 Å². The van der Waals surface area contributed by atoms with Gasteiger partial charge in [0.2, 0.25) is 10.0 Å². The van der Waals surface area contributed by atoms with Crippen LogP contribution in [0.1, 0.15) is 29.5 Å². The van der Waals surface area contributed by atoms with Gasteiger partial charge in [-0.25, -0.2) is 17.5 Å². The second-order valence-corrected chi connectivity index (χ2v) is 8.18. The summed E-state index contributed by atoms with van der Waals surface area (Å²) in [6, 6.07) is 3.82. The molecule has 0 aliphatic carbocycles. The quantitative estimate of drug-likeness (QED) is 0.901. The van der Waals surface area contributed by atoms with Gasteiger partial charge >= 0.3 is 0 Å². The molecule has 4 nitrogen and oxygen atoms in total. The minimum absolute atomic E-state index is 0.121. The molecule has 0 aromatic heterocycles. The van der Waals surface area contributed by atoms with E-state index in [-0.39, 0.29) is 5.82 Å². The summed E-state index contributed by atoms with van der Waals surface area (Å²) in [7, 11) is -3.14. The molecule has 1 atom stereocenters. The molecule has 0 radical (unpaired) electrons. The predicted molar refractivity (Wildman–Crippen MR) is 86.7 cm³/mol. The van der Waals surface area contributed by atoms with Crippen molar-refractivity contribution in [2.24, 2.45) is 5.92 Å². The number of nitrogens with one attached hydrogen (secondary N) is 1. The van der Waals surface area contributed by atoms with Gasteiger partial charge in [-0.2, -0.15) is 0 Å². The number of sulfonamides is 1. The smallest absolute Gasteiger partial charge is 0.208 e. The SMILES string of the molecule is Cc1ccc(CN2CCCC(CNS(C)(=O)=O)C2)c(C)c1F. The van der Waals surface area contributed by atoms with Gasteiger partial charge in [0.1, 0.15) is 5.82 Å². The van der Waals surface area contributed by atoms with E-state index in [1.54, 1.807) is 6.92 Å². The molecule has 1 saturated heterocycles. The van der Waals surface area contributed by atoms with E-state index in [0.717, 1.165) is 43.6 Å². The maximum atomic E-state index is 14.0. The third kappa shape index (κ3) is 4.76. The van der Waals surface area contributed by atoms with E-state index in [9.17, 15) is 12.8 Å². The number of hydrogen-bond donors (Lipinski definition) is 1. The second kappa shape index (κ2) is 7.06. The molecule has 1 aliphatic heterocycles. The number of piperidine rings is 1. The topological polar surface area (TPSA) is 49.4 Å². The van der Waals surface area contributed by atoms with E-state index in [1.165, 1.54) is 6.26 Å². The molecule has 22 heavy (non-hydrogen) atoms. The first-order valence-electron chi connectivity index (χ1n) is 7.68. The Morgan fingerprint density at radius 2 is 2.09 bits per heavy atom. The highest BCUT2D eigenvalue weighted by Crippen LogP contribution is 2.22. The van der Waals surface area contributed by atoms with Crippen molar-refractivity contribution in [3.8, 4) is 0 Å². The molecule has 1 aromatic carbocycles. The summed E-state index contributed by atoms with van der Waals surface area (Å²) in [6.07, 6.45) is 3.26. The summed E-state index contributed by atoms with van der Waals surface area (Å²) in [6.45, 7) is 6.63. The first kappa shape index (κ1) is 17.4. The summed E-state index contributed by atoms with van der Waals surface area (Å²) >= 11 is 0. The van der Waals surface area contributed by atoms with E-state index in [1.807, 2.05) is 19.1 Å². The number of aryl methyl sites for hydroxylation is 1. The standard InChI is InChI=1S/C16H25FN2O2S/c1-12-6-7-15(13(2)16(12)17)11-19-8-4-5-14(10-19)9-18-22(3,20)21/h6-7,14,18H,4-5,8-11H2,1-3H3. The van der Waals surface area contributed by atoms with Crippen molar-refractivity contribution in [1.82, 2.24) is 9.62 Å². The second-order valence-electron chi connectivity index (χ2n) is 6.34. The van der Waals surface area contributed by atoms with Crippen LogP contribution in [0.3, 0.4) is 0 Å². The Bertz CT molecular complexity index is 631. The Hall–Kier alpha value is -0.980. The summed E-state index contributed by atoms with van der Waals surface area (Å²) in [5, 5.41) is 0. The summed E-state index contributed by atoms with van der Waals surface area (Å²) < 4.78 is 39.0. The van der Waals surface area contributed by atoms with Gasteiger partial charge in [-0.3, -0.25) is 4.90 Å². The van der Waals surface area contributed by atoms with Crippen LogP contribution >= 0.6 is 0 Å². The average molecular weight is 328 g/mol. The van der Waals surface area contributed by atoms with Crippen LogP contribution in [0.4, 0.5) is 4.39 Å². The van der Waals surface area contributed by atoms with Crippen LogP contribution in [-0.4, -0.2) is 39.2 Å². The van der Waals surface area contributed by atoms with E-state index in [2.05, 4.69) is 9.62 Å². The molecule has 1 fully saturated rings. The number of likely N-dealkylation sites (tertiary alicyclic amines) is 1. The lowest BCUT2D eigenvalue weighted by Crippen LogP contribution is -2.40. The van der Waals surface area contributed by atoms with Crippen LogP contribution in [0.5, 0.6) is 0 Å². The molecule has 0 saturated carbocycles. The zero-order chi connectivity index (χ0) is 16.3. The molecule has 1 aromatic rings. The fourth-order valence-corrected chi connectivity index (χ4v) is 3.54. The van der Waals surface area contributed by atoms with Crippen molar-refractivity contribution in [3.05, 3.63) is 34.6 Å². The maximum absolute atomic E-state index is 14.0. The van der Waals surface area contributed by atoms with Gasteiger partial charge in [0, 0.05) is 19.6 Å². The van der Waals surface area contributed by atoms with Gasteiger partial charge < -0.3 is 0 Å². The molecular formula is C16H25FN2O2S. The number of benzene rings is 1. The van der Waals surface area contributed by atoms with Crippen molar-refractivity contribution in [2.45, 2.75) is 33.2 Å². The lowest BCUT2D eigenvalue weighted by Gasteiger charge is -2.33. The van der Waals surface area contributed by atoms with Crippen molar-refractivity contribution in [2.75, 3.05) is 25.9 Å². The largest absolute Gasteiger partial charge is 0.299 e. The maximum Gasteiger partial charge on any atom is 0.208 e. The van der Waals surface area contributed by atoms with Gasteiger partial charge in [-0.05, 0) is 55.8 Å². The Labute approximate surface area is 132 Å². The Balaban J connectivity index is 1.97. The third-order valence-electron chi connectivity index (χ3n) is 4.32. The summed E-state index contributed by atoms with van der Waals surface area (Å²) in [4.78, 5) is 2.29. The van der Waals surface area contributed by atoms with Crippen LogP contribution in [0.25, 0.3) is 0 Å². The molecule has 1 heterocycles. The van der Waals surface area contributed by atoms with E-state index < -0.39 is 10.0 Å². The van der Waals surface area contributed by atoms with Crippen molar-refractivity contribution in [1.29, 1.82) is 0 Å². The molecule has 124 valence electrons. The molecule has 0 bridgehead atoms. The zero-order valence-electron chi connectivity index (χ0n) is 13.5. The van der Waals surface area contributed by atoms with E-state index in [4.69, 9.17) is 0 Å². The normalized spacial score (nSPS) is 20.3. The Morgan fingerprint density at radius 3 is 2.77 bits per heavy atom. The van der Waals surface area contributed by atoms with Gasteiger partial charge in [-0.15, -0.1) is 0 Å². The highest BCUT2D eigenvalue weighted by molar-refractivity contribution is 7.88. The highest BCUT2D eigenvalue weighted by Gasteiger charge is 2.21. The monoisotopic (exact) mass is 328 g/mol. The lowest BCUT2D eigenvalue weighted by atomic mass is 9.97. The summed E-state index contributed by atoms with van der Waals surface area (Å²) in [5.41, 5.74) is 2.41. The summed E-state index contributed by atoms with van der Waals surface area (Å²) in [5.74, 6) is 0.198. The minimum atomic E-state index is -3.14. The van der Waals surface area contributed by atoms with Crippen LogP contribution in [0, 0.1) is 25.6 Å². The van der Waals surface area contributed by atoms with Crippen LogP contribution < -0.4 is 4.72 Å². The Morgan fingerprint density at radius 1 is 1.36 bits per heavy atom.